The van der Waals surface area contributed by atoms with Gasteiger partial charge in [0.05, 0.1) is 90.4 Å². The van der Waals surface area contributed by atoms with Gasteiger partial charge in [-0.3, -0.25) is 0 Å². The second-order valence-electron chi connectivity index (χ2n) is 36.0. The van der Waals surface area contributed by atoms with E-state index >= 15 is 0 Å². The highest BCUT2D eigenvalue weighted by Crippen LogP contribution is 2.52. The average Bonchev–Trinajstić information content (AvgIpc) is 1.56. The van der Waals surface area contributed by atoms with Crippen LogP contribution in [0.2, 0.25) is 0 Å². The molecule has 11 heterocycles. The Kier molecular flexibility index (Phi) is 18.1. The number of rotatable bonds is 10. The van der Waals surface area contributed by atoms with E-state index in [1.165, 1.54) is 159 Å². The number of benzene rings is 15. The summed E-state index contributed by atoms with van der Waals surface area (Å²) in [5, 5.41) is 12.5. The van der Waals surface area contributed by atoms with Crippen LogP contribution in [-0.4, -0.2) is 32.0 Å². The van der Waals surface area contributed by atoms with Gasteiger partial charge in [0.25, 0.3) is 11.6 Å². The van der Waals surface area contributed by atoms with Crippen molar-refractivity contribution in [2.45, 2.75) is 19.3 Å². The monoisotopic (exact) mass is 1720 g/mol. The van der Waals surface area contributed by atoms with E-state index in [0.29, 0.717) is 0 Å². The van der Waals surface area contributed by atoms with E-state index in [1.807, 2.05) is 0 Å². The van der Waals surface area contributed by atoms with Crippen molar-refractivity contribution in [3.05, 3.63) is 443 Å². The summed E-state index contributed by atoms with van der Waals surface area (Å²) in [6.45, 7) is 4.71. The number of hydrogen-bond donors (Lipinski definition) is 0. The predicted molar refractivity (Wildman–Crippen MR) is 541 cm³/mol. The average molecular weight is 1720 g/mol. The number of nitrogens with zero attached hydrogens (tertiary/aromatic N) is 12. The number of aromatic amines is 1. The quantitative estimate of drug-likeness (QED) is 0.122. The van der Waals surface area contributed by atoms with Gasteiger partial charge in [0.1, 0.15) is 39.6 Å². The lowest BCUT2D eigenvalue weighted by Crippen LogP contribution is -2.30. The van der Waals surface area contributed by atoms with Crippen LogP contribution < -0.4 is 27.8 Å². The van der Waals surface area contributed by atoms with Gasteiger partial charge in [-0.15, -0.1) is 0 Å². The van der Waals surface area contributed by atoms with Crippen LogP contribution in [-0.2, 0) is 40.7 Å². The Morgan fingerprint density at radius 1 is 0.218 bits per heavy atom. The Labute approximate surface area is 768 Å². The van der Waals surface area contributed by atoms with Gasteiger partial charge in [-0.2, -0.15) is 9.13 Å². The molecule has 11 aromatic heterocycles. The first-order valence-corrected chi connectivity index (χ1v) is 45.6. The highest BCUT2D eigenvalue weighted by Gasteiger charge is 2.37. The largest absolute Gasteiger partial charge is 0.309 e. The van der Waals surface area contributed by atoms with Crippen LogP contribution in [0.15, 0.2) is 432 Å². The molecule has 13 nitrogen and oxygen atoms in total. The molecule has 0 amide bonds. The standard InChI is InChI=1S/C57H39N6.C33H29N3.C30H24N4/c1-59-52-26-14-15-27-53(52)63(41-18-6-3-7-19-41)57(59)39-30-34-43(35-31-39)61-50-24-12-9-21-45(50)47-36-54-46(37-55(47)61)44-20-8-11-23-49(44)60(54)42-32-28-38(29-33-42)56-58-48-22-10-13-25-51(48)62(56)40-16-4-2-5-17-40;1-33(2)29-8-6-5-7-25(29)26-20-28-27-19-23(22-11-15-34(3)16-12-22)9-10-31(27)36(32(28)21-30(26)33)24-13-17-35(4)18-14-24;1-31-17-13-21(14-18-31)33-27-9-5-3-7-23(27)25-11-12-26-24-8-4-6-10-28(24)34(30(26)29(25)33)22-15-19-32(2)20-16-22/h2-37H,1H3;5-21H,1-4H3;3-20H,1-2H3/q+1;2*+2/p+1. The maximum atomic E-state index is 3.73. The molecule has 0 atom stereocenters. The third kappa shape index (κ3) is 12.5. The van der Waals surface area contributed by atoms with Crippen LogP contribution in [0.5, 0.6) is 0 Å². The molecule has 0 aliphatic heterocycles. The summed E-state index contributed by atoms with van der Waals surface area (Å²) in [5.41, 5.74) is 35.0. The number of pyridine rings is 4. The Morgan fingerprint density at radius 2 is 0.586 bits per heavy atom. The number of H-pyrrole nitrogens is 1. The van der Waals surface area contributed by atoms with Crippen molar-refractivity contribution < 1.29 is 27.8 Å². The number of para-hydroxylation sites is 10. The number of nitrogens with one attached hydrogen (secondary N) is 1. The van der Waals surface area contributed by atoms with Crippen LogP contribution in [0.3, 0.4) is 0 Å². The van der Waals surface area contributed by atoms with Gasteiger partial charge >= 0.3 is 0 Å². The van der Waals surface area contributed by atoms with Crippen molar-refractivity contribution >= 4 is 131 Å². The van der Waals surface area contributed by atoms with E-state index in [0.717, 1.165) is 67.9 Å². The van der Waals surface area contributed by atoms with E-state index in [9.17, 15) is 0 Å². The first-order valence-electron chi connectivity index (χ1n) is 45.6. The number of aryl methyl sites for hydroxylation is 5. The zero-order valence-corrected chi connectivity index (χ0v) is 74.9. The van der Waals surface area contributed by atoms with Crippen molar-refractivity contribution in [2.24, 2.45) is 35.2 Å². The van der Waals surface area contributed by atoms with Crippen LogP contribution in [0.25, 0.3) is 216 Å². The molecule has 0 saturated carbocycles. The van der Waals surface area contributed by atoms with Crippen LogP contribution in [0.4, 0.5) is 0 Å². The first kappa shape index (κ1) is 78.1. The van der Waals surface area contributed by atoms with Gasteiger partial charge in [0.2, 0.25) is 0 Å². The lowest BCUT2D eigenvalue weighted by Gasteiger charge is -2.21. The van der Waals surface area contributed by atoms with Crippen molar-refractivity contribution in [3.8, 4) is 84.8 Å². The molecule has 0 bridgehead atoms. The van der Waals surface area contributed by atoms with Gasteiger partial charge in [0, 0.05) is 119 Å². The summed E-state index contributed by atoms with van der Waals surface area (Å²) in [7, 11) is 10.4. The number of aromatic nitrogens is 13. The molecule has 0 unspecified atom stereocenters. The fraction of sp³-hybridized carbons (Fsp3) is 0.0667. The molecule has 0 spiro atoms. The van der Waals surface area contributed by atoms with Gasteiger partial charge in [-0.05, 0) is 191 Å². The number of hydrogen-bond acceptors (Lipinski definition) is 0. The molecule has 15 aromatic carbocycles. The molecule has 632 valence electrons. The maximum Gasteiger partial charge on any atom is 0.294 e. The Balaban J connectivity index is 0.000000115. The van der Waals surface area contributed by atoms with E-state index in [-0.39, 0.29) is 5.41 Å². The molecule has 0 radical (unpaired) electrons. The molecule has 1 aliphatic carbocycles. The minimum Gasteiger partial charge on any atom is -0.309 e. The highest BCUT2D eigenvalue weighted by atomic mass is 15.2. The maximum absolute atomic E-state index is 3.73. The summed E-state index contributed by atoms with van der Waals surface area (Å²) < 4.78 is 27.4. The van der Waals surface area contributed by atoms with Crippen molar-refractivity contribution in [1.82, 2.24) is 32.0 Å². The molecule has 0 fully saturated rings. The molecule has 1 aliphatic rings. The third-order valence-electron chi connectivity index (χ3n) is 27.8. The van der Waals surface area contributed by atoms with Gasteiger partial charge in [-0.1, -0.05) is 190 Å². The smallest absolute Gasteiger partial charge is 0.294 e. The lowest BCUT2D eigenvalue weighted by atomic mass is 9.82. The molecule has 133 heavy (non-hydrogen) atoms. The summed E-state index contributed by atoms with van der Waals surface area (Å²) in [6, 6.07) is 139. The van der Waals surface area contributed by atoms with Gasteiger partial charge < -0.3 is 22.8 Å². The summed E-state index contributed by atoms with van der Waals surface area (Å²) in [5.74, 6) is 2.18. The Morgan fingerprint density at radius 3 is 1.11 bits per heavy atom. The van der Waals surface area contributed by atoms with Crippen LogP contribution >= 0.6 is 0 Å². The second-order valence-corrected chi connectivity index (χ2v) is 36.0. The fourth-order valence-electron chi connectivity index (χ4n) is 21.4. The molecule has 1 N–H and O–H groups in total. The van der Waals surface area contributed by atoms with E-state index in [1.54, 1.807) is 0 Å². The van der Waals surface area contributed by atoms with Crippen LogP contribution in [0.1, 0.15) is 25.0 Å². The molecular formula is C120H93N13+6. The third-order valence-corrected chi connectivity index (χ3v) is 27.8. The summed E-state index contributed by atoms with van der Waals surface area (Å²) in [4.78, 5) is 3.73. The van der Waals surface area contributed by atoms with Crippen molar-refractivity contribution in [2.75, 3.05) is 0 Å². The molecule has 13 heteroatoms. The molecular weight excluding hydrogens is 1620 g/mol. The minimum atomic E-state index is -0.0325. The van der Waals surface area contributed by atoms with E-state index in [4.69, 9.17) is 0 Å². The SMILES string of the molecule is C[n+]1c(-c2ccc(-n3c4ccccc4c4cc5c(cc43)c3ccccc3n5-c3ccc(-c4[nH+]c5ccccc5n4-c4ccccc4)cc3)cc2)n(-c2ccccc2)c2ccccc21.C[n+]1ccc(-c2ccc3c(c2)c2cc4c(cc2n3-c2cc[n+](C)cc2)C(C)(C)c2ccccc2-4)cc1.C[n+]1ccc(-n2c3ccccc3c3ccc4c5ccccc5n(-c5cc[n+](C)cc5)c4c32)cc1. The Bertz CT molecular complexity index is 9020. The first-order chi connectivity index (χ1) is 65.3. The number of fused-ring (bicyclic) bond motifs is 21. The predicted octanol–water partition coefficient (Wildman–Crippen LogP) is 24.7. The minimum absolute atomic E-state index is 0.0325. The molecule has 0 saturated heterocycles. The Hall–Kier alpha value is -17.2. The summed E-state index contributed by atoms with van der Waals surface area (Å²) >= 11 is 0. The lowest BCUT2D eigenvalue weighted by molar-refractivity contribution is -0.671. The van der Waals surface area contributed by atoms with Gasteiger partial charge in [0.15, 0.2) is 71.6 Å². The zero-order chi connectivity index (χ0) is 89.0. The highest BCUT2D eigenvalue weighted by molar-refractivity contribution is 6.24. The number of imidazole rings is 2. The van der Waals surface area contributed by atoms with Gasteiger partial charge in [-0.25, -0.2) is 27.8 Å². The summed E-state index contributed by atoms with van der Waals surface area (Å²) in [6.07, 6.45) is 16.9. The van der Waals surface area contributed by atoms with E-state index in [2.05, 4.69) is 541 Å². The second kappa shape index (κ2) is 30.8. The zero-order valence-electron chi connectivity index (χ0n) is 74.9. The van der Waals surface area contributed by atoms with Crippen molar-refractivity contribution in [1.29, 1.82) is 0 Å². The molecule has 26 aromatic rings. The van der Waals surface area contributed by atoms with Crippen molar-refractivity contribution in [3.63, 3.8) is 0 Å². The van der Waals surface area contributed by atoms with E-state index < -0.39 is 0 Å². The fourth-order valence-corrected chi connectivity index (χ4v) is 21.4. The topological polar surface area (TPSA) is 68.1 Å². The normalized spacial score (nSPS) is 12.4. The molecule has 27 rings (SSSR count). The van der Waals surface area contributed by atoms with Crippen LogP contribution in [0, 0.1) is 0 Å².